The number of aromatic nitrogens is 3. The van der Waals surface area contributed by atoms with Gasteiger partial charge in [-0.2, -0.15) is 0 Å². The van der Waals surface area contributed by atoms with Crippen LogP contribution in [0.2, 0.25) is 0 Å². The molecule has 0 saturated heterocycles. The third kappa shape index (κ3) is 2.51. The Labute approximate surface area is 75.9 Å². The summed E-state index contributed by atoms with van der Waals surface area (Å²) >= 11 is 0. The highest BCUT2D eigenvalue weighted by Crippen LogP contribution is 1.99. The van der Waals surface area contributed by atoms with Gasteiger partial charge in [0.05, 0.1) is 18.2 Å². The van der Waals surface area contributed by atoms with Gasteiger partial charge in [0.2, 0.25) is 5.91 Å². The van der Waals surface area contributed by atoms with Crippen molar-refractivity contribution in [3.05, 3.63) is 11.9 Å². The molecule has 1 aromatic rings. The van der Waals surface area contributed by atoms with Crippen molar-refractivity contribution in [2.24, 2.45) is 17.4 Å². The second kappa shape index (κ2) is 3.99. The number of hydrogen-bond donors (Lipinski definition) is 2. The summed E-state index contributed by atoms with van der Waals surface area (Å²) in [4.78, 5) is 10.7. The van der Waals surface area contributed by atoms with Crippen LogP contribution in [0.15, 0.2) is 6.20 Å². The summed E-state index contributed by atoms with van der Waals surface area (Å²) in [7, 11) is 0. The SMILES string of the molecule is CC(Cn1cc(CN)nn1)C(N)=O. The van der Waals surface area contributed by atoms with Crippen LogP contribution in [-0.2, 0) is 17.9 Å². The Morgan fingerprint density at radius 2 is 2.46 bits per heavy atom. The quantitative estimate of drug-likeness (QED) is 0.616. The van der Waals surface area contributed by atoms with Gasteiger partial charge in [-0.1, -0.05) is 12.1 Å². The maximum atomic E-state index is 10.7. The number of rotatable bonds is 4. The molecule has 72 valence electrons. The number of primary amides is 1. The first-order valence-electron chi connectivity index (χ1n) is 4.02. The van der Waals surface area contributed by atoms with Gasteiger partial charge in [-0.25, -0.2) is 0 Å². The fourth-order valence-corrected chi connectivity index (χ4v) is 0.892. The van der Waals surface area contributed by atoms with Crippen molar-refractivity contribution in [3.8, 4) is 0 Å². The lowest BCUT2D eigenvalue weighted by Gasteiger charge is -2.04. The average Bonchev–Trinajstić information content (AvgIpc) is 2.52. The van der Waals surface area contributed by atoms with Gasteiger partial charge in [0.1, 0.15) is 0 Å². The first-order chi connectivity index (χ1) is 6.13. The summed E-state index contributed by atoms with van der Waals surface area (Å²) in [5, 5.41) is 7.57. The molecule has 1 rings (SSSR count). The van der Waals surface area contributed by atoms with Crippen molar-refractivity contribution in [1.29, 1.82) is 0 Å². The summed E-state index contributed by atoms with van der Waals surface area (Å²) in [5.74, 6) is -0.586. The first-order valence-corrected chi connectivity index (χ1v) is 4.02. The van der Waals surface area contributed by atoms with Gasteiger partial charge in [0.25, 0.3) is 0 Å². The molecule has 0 fully saturated rings. The molecule has 1 atom stereocenters. The molecule has 0 aliphatic carbocycles. The van der Waals surface area contributed by atoms with E-state index in [2.05, 4.69) is 10.3 Å². The highest BCUT2D eigenvalue weighted by Gasteiger charge is 2.10. The molecule has 4 N–H and O–H groups in total. The van der Waals surface area contributed by atoms with Crippen LogP contribution in [0.1, 0.15) is 12.6 Å². The Hall–Kier alpha value is -1.43. The van der Waals surface area contributed by atoms with Gasteiger partial charge >= 0.3 is 0 Å². The van der Waals surface area contributed by atoms with Crippen molar-refractivity contribution >= 4 is 5.91 Å². The third-order valence-corrected chi connectivity index (χ3v) is 1.74. The maximum Gasteiger partial charge on any atom is 0.222 e. The van der Waals surface area contributed by atoms with Crippen LogP contribution in [0, 0.1) is 5.92 Å². The molecule has 0 spiro atoms. The zero-order chi connectivity index (χ0) is 9.84. The van der Waals surface area contributed by atoms with E-state index in [-0.39, 0.29) is 11.8 Å². The van der Waals surface area contributed by atoms with Crippen LogP contribution >= 0.6 is 0 Å². The van der Waals surface area contributed by atoms with Gasteiger partial charge in [-0.05, 0) is 0 Å². The van der Waals surface area contributed by atoms with Crippen LogP contribution in [0.3, 0.4) is 0 Å². The summed E-state index contributed by atoms with van der Waals surface area (Å²) in [6.07, 6.45) is 1.71. The van der Waals surface area contributed by atoms with Gasteiger partial charge in [0, 0.05) is 12.7 Å². The highest BCUT2D eigenvalue weighted by molar-refractivity contribution is 5.76. The largest absolute Gasteiger partial charge is 0.369 e. The van der Waals surface area contributed by atoms with Crippen LogP contribution in [0.25, 0.3) is 0 Å². The van der Waals surface area contributed by atoms with Crippen molar-refractivity contribution in [2.75, 3.05) is 0 Å². The lowest BCUT2D eigenvalue weighted by Crippen LogP contribution is -2.24. The smallest absolute Gasteiger partial charge is 0.222 e. The normalized spacial score (nSPS) is 12.8. The molecule has 0 aliphatic rings. The molecular formula is C7H13N5O. The Balaban J connectivity index is 2.58. The predicted octanol–water partition coefficient (Wildman–Crippen LogP) is -1.14. The summed E-state index contributed by atoms with van der Waals surface area (Å²) < 4.78 is 1.57. The monoisotopic (exact) mass is 183 g/mol. The minimum absolute atomic E-state index is 0.243. The van der Waals surface area contributed by atoms with Crippen molar-refractivity contribution in [1.82, 2.24) is 15.0 Å². The minimum Gasteiger partial charge on any atom is -0.369 e. The van der Waals surface area contributed by atoms with Crippen LogP contribution in [-0.4, -0.2) is 20.9 Å². The second-order valence-corrected chi connectivity index (χ2v) is 2.94. The van der Waals surface area contributed by atoms with Gasteiger partial charge in [-0.15, -0.1) is 5.10 Å². The molecule has 1 heterocycles. The molecule has 6 heteroatoms. The molecule has 6 nitrogen and oxygen atoms in total. The zero-order valence-corrected chi connectivity index (χ0v) is 7.47. The van der Waals surface area contributed by atoms with Crippen LogP contribution in [0.4, 0.5) is 0 Å². The Kier molecular flexibility index (Phi) is 2.97. The maximum absolute atomic E-state index is 10.7. The summed E-state index contributed by atoms with van der Waals surface area (Å²) in [6.45, 7) is 2.54. The zero-order valence-electron chi connectivity index (χ0n) is 7.47. The van der Waals surface area contributed by atoms with E-state index in [0.29, 0.717) is 18.8 Å². The molecule has 1 amide bonds. The van der Waals surface area contributed by atoms with E-state index in [9.17, 15) is 4.79 Å². The molecule has 1 aromatic heterocycles. The van der Waals surface area contributed by atoms with E-state index in [1.54, 1.807) is 17.8 Å². The topological polar surface area (TPSA) is 99.8 Å². The number of nitrogens with two attached hydrogens (primary N) is 2. The third-order valence-electron chi connectivity index (χ3n) is 1.74. The summed E-state index contributed by atoms with van der Waals surface area (Å²) in [6, 6.07) is 0. The summed E-state index contributed by atoms with van der Waals surface area (Å²) in [5.41, 5.74) is 11.1. The standard InChI is InChI=1S/C7H13N5O/c1-5(7(9)13)3-12-4-6(2-8)10-11-12/h4-5H,2-3,8H2,1H3,(H2,9,13). The van der Waals surface area contributed by atoms with Crippen molar-refractivity contribution in [3.63, 3.8) is 0 Å². The lowest BCUT2D eigenvalue weighted by molar-refractivity contribution is -0.121. The van der Waals surface area contributed by atoms with E-state index < -0.39 is 0 Å². The lowest BCUT2D eigenvalue weighted by atomic mass is 10.2. The fourth-order valence-electron chi connectivity index (χ4n) is 0.892. The average molecular weight is 183 g/mol. The van der Waals surface area contributed by atoms with E-state index in [1.165, 1.54) is 0 Å². The Morgan fingerprint density at radius 3 is 2.92 bits per heavy atom. The number of carbonyl (C=O) groups excluding carboxylic acids is 1. The molecule has 0 bridgehead atoms. The van der Waals surface area contributed by atoms with Gasteiger partial charge in [0.15, 0.2) is 0 Å². The Morgan fingerprint density at radius 1 is 1.77 bits per heavy atom. The molecule has 0 saturated carbocycles. The number of nitrogens with zero attached hydrogens (tertiary/aromatic N) is 3. The van der Waals surface area contributed by atoms with E-state index in [1.807, 2.05) is 0 Å². The Bertz CT molecular complexity index is 295. The number of hydrogen-bond acceptors (Lipinski definition) is 4. The van der Waals surface area contributed by atoms with Crippen LogP contribution < -0.4 is 11.5 Å². The minimum atomic E-state index is -0.343. The number of amides is 1. The fraction of sp³-hybridized carbons (Fsp3) is 0.571. The molecule has 1 unspecified atom stereocenters. The molecule has 0 aromatic carbocycles. The van der Waals surface area contributed by atoms with E-state index in [4.69, 9.17) is 11.5 Å². The van der Waals surface area contributed by atoms with Crippen molar-refractivity contribution < 1.29 is 4.79 Å². The first kappa shape index (κ1) is 9.66. The molecule has 0 aliphatic heterocycles. The molecular weight excluding hydrogens is 170 g/mol. The van der Waals surface area contributed by atoms with Gasteiger partial charge < -0.3 is 11.5 Å². The number of carbonyl (C=O) groups is 1. The highest BCUT2D eigenvalue weighted by atomic mass is 16.1. The van der Waals surface area contributed by atoms with Gasteiger partial charge in [-0.3, -0.25) is 9.48 Å². The molecule has 13 heavy (non-hydrogen) atoms. The predicted molar refractivity (Wildman–Crippen MR) is 46.3 cm³/mol. The van der Waals surface area contributed by atoms with Crippen molar-refractivity contribution in [2.45, 2.75) is 20.0 Å². The van der Waals surface area contributed by atoms with Crippen LogP contribution in [0.5, 0.6) is 0 Å². The second-order valence-electron chi connectivity index (χ2n) is 2.94. The van der Waals surface area contributed by atoms with E-state index in [0.717, 1.165) is 0 Å². The molecule has 0 radical (unpaired) electrons. The van der Waals surface area contributed by atoms with E-state index >= 15 is 0 Å².